The van der Waals surface area contributed by atoms with E-state index in [0.29, 0.717) is 6.42 Å². The zero-order valence-electron chi connectivity index (χ0n) is 5.99. The molecule has 1 rings (SSSR count). The van der Waals surface area contributed by atoms with Gasteiger partial charge in [0.2, 0.25) is 0 Å². The third-order valence-electron chi connectivity index (χ3n) is 1.75. The molecule has 0 amide bonds. The van der Waals surface area contributed by atoms with Gasteiger partial charge in [-0.3, -0.25) is 4.79 Å². The number of sulfone groups is 1. The predicted octanol–water partition coefficient (Wildman–Crippen LogP) is -0.104. The molecule has 1 aliphatic heterocycles. The van der Waals surface area contributed by atoms with Gasteiger partial charge < -0.3 is 5.11 Å². The number of carboxylic acid groups (broad SMARTS) is 1. The molecule has 1 aliphatic rings. The number of carboxylic acids is 1. The van der Waals surface area contributed by atoms with Gasteiger partial charge in [-0.25, -0.2) is 8.42 Å². The van der Waals surface area contributed by atoms with E-state index in [9.17, 15) is 13.2 Å². The summed E-state index contributed by atoms with van der Waals surface area (Å²) >= 11 is 0. The maximum atomic E-state index is 10.6. The summed E-state index contributed by atoms with van der Waals surface area (Å²) in [7, 11) is -2.77. The van der Waals surface area contributed by atoms with Gasteiger partial charge in [0.25, 0.3) is 0 Å². The van der Waals surface area contributed by atoms with Crippen LogP contribution in [-0.4, -0.2) is 31.0 Å². The van der Waals surface area contributed by atoms with Crippen LogP contribution in [0.2, 0.25) is 0 Å². The number of hydrogen-bond donors (Lipinski definition) is 1. The van der Waals surface area contributed by atoms with E-state index in [1.807, 2.05) is 0 Å². The predicted molar refractivity (Wildman–Crippen MR) is 39.0 cm³/mol. The van der Waals surface area contributed by atoms with Crippen LogP contribution in [0.3, 0.4) is 0 Å². The van der Waals surface area contributed by atoms with Crippen molar-refractivity contribution in [1.29, 1.82) is 0 Å². The number of carbonyl (C=O) groups is 1. The normalized spacial score (nSPS) is 22.5. The Hall–Kier alpha value is -0.580. The van der Waals surface area contributed by atoms with Gasteiger partial charge in [-0.1, -0.05) is 0 Å². The van der Waals surface area contributed by atoms with Gasteiger partial charge in [0.1, 0.15) is 0 Å². The fraction of sp³-hybridized carbons (Fsp3) is 0.833. The molecule has 0 saturated carbocycles. The SMILES string of the molecule is O=C(O)CCC1CS(=O)(=O)C1. The molecule has 0 spiro atoms. The molecule has 1 saturated heterocycles. The van der Waals surface area contributed by atoms with Crippen molar-refractivity contribution < 1.29 is 18.3 Å². The van der Waals surface area contributed by atoms with Gasteiger partial charge in [-0.05, 0) is 12.3 Å². The van der Waals surface area contributed by atoms with Crippen molar-refractivity contribution in [2.24, 2.45) is 5.92 Å². The second kappa shape index (κ2) is 2.81. The van der Waals surface area contributed by atoms with Crippen LogP contribution in [-0.2, 0) is 14.6 Å². The minimum atomic E-state index is -2.77. The van der Waals surface area contributed by atoms with E-state index in [1.165, 1.54) is 0 Å². The zero-order valence-corrected chi connectivity index (χ0v) is 6.80. The van der Waals surface area contributed by atoms with E-state index < -0.39 is 15.8 Å². The molecule has 0 aromatic heterocycles. The van der Waals surface area contributed by atoms with Gasteiger partial charge in [0.15, 0.2) is 9.84 Å². The van der Waals surface area contributed by atoms with E-state index in [1.54, 1.807) is 0 Å². The molecule has 0 unspecified atom stereocenters. The molecule has 0 radical (unpaired) electrons. The van der Waals surface area contributed by atoms with Crippen molar-refractivity contribution in [3.05, 3.63) is 0 Å². The van der Waals surface area contributed by atoms with Crippen LogP contribution < -0.4 is 0 Å². The molecular weight excluding hydrogens is 168 g/mol. The summed E-state index contributed by atoms with van der Waals surface area (Å²) in [6.45, 7) is 0. The van der Waals surface area contributed by atoms with Crippen molar-refractivity contribution >= 4 is 15.8 Å². The lowest BCUT2D eigenvalue weighted by molar-refractivity contribution is -0.137. The van der Waals surface area contributed by atoms with E-state index in [4.69, 9.17) is 5.11 Å². The third-order valence-corrected chi connectivity index (χ3v) is 3.70. The number of hydrogen-bond acceptors (Lipinski definition) is 3. The zero-order chi connectivity index (χ0) is 8.48. The Morgan fingerprint density at radius 2 is 2.00 bits per heavy atom. The van der Waals surface area contributed by atoms with Crippen molar-refractivity contribution in [3.63, 3.8) is 0 Å². The van der Waals surface area contributed by atoms with E-state index in [-0.39, 0.29) is 23.8 Å². The first kappa shape index (κ1) is 8.52. The standard InChI is InChI=1S/C6H10O4S/c7-6(8)2-1-5-3-11(9,10)4-5/h5H,1-4H2,(H,7,8). The van der Waals surface area contributed by atoms with Crippen LogP contribution in [0.25, 0.3) is 0 Å². The molecule has 1 heterocycles. The highest BCUT2D eigenvalue weighted by Gasteiger charge is 2.32. The van der Waals surface area contributed by atoms with Gasteiger partial charge in [0.05, 0.1) is 11.5 Å². The lowest BCUT2D eigenvalue weighted by atomic mass is 10.1. The van der Waals surface area contributed by atoms with Crippen LogP contribution in [0.5, 0.6) is 0 Å². The first-order valence-corrected chi connectivity index (χ1v) is 5.24. The van der Waals surface area contributed by atoms with Crippen molar-refractivity contribution in [1.82, 2.24) is 0 Å². The van der Waals surface area contributed by atoms with E-state index >= 15 is 0 Å². The van der Waals surface area contributed by atoms with E-state index in [0.717, 1.165) is 0 Å². The van der Waals surface area contributed by atoms with Gasteiger partial charge in [0, 0.05) is 6.42 Å². The molecule has 4 nitrogen and oxygen atoms in total. The van der Waals surface area contributed by atoms with Crippen LogP contribution in [0.4, 0.5) is 0 Å². The maximum absolute atomic E-state index is 10.6. The van der Waals surface area contributed by atoms with Crippen molar-refractivity contribution in [2.45, 2.75) is 12.8 Å². The molecule has 0 atom stereocenters. The average Bonchev–Trinajstić information content (AvgIpc) is 1.78. The molecule has 11 heavy (non-hydrogen) atoms. The average molecular weight is 178 g/mol. The second-order valence-electron chi connectivity index (χ2n) is 2.88. The second-order valence-corrected chi connectivity index (χ2v) is 5.03. The molecule has 0 bridgehead atoms. The summed E-state index contributed by atoms with van der Waals surface area (Å²) in [6.07, 6.45) is 0.578. The summed E-state index contributed by atoms with van der Waals surface area (Å²) in [4.78, 5) is 10.1. The molecule has 0 aromatic carbocycles. The summed E-state index contributed by atoms with van der Waals surface area (Å²) in [5.41, 5.74) is 0. The number of aliphatic carboxylic acids is 1. The van der Waals surface area contributed by atoms with E-state index in [2.05, 4.69) is 0 Å². The lowest BCUT2D eigenvalue weighted by Gasteiger charge is -2.24. The Balaban J connectivity index is 2.19. The molecular formula is C6H10O4S. The Bertz CT molecular complexity index is 242. The highest BCUT2D eigenvalue weighted by Crippen LogP contribution is 2.22. The smallest absolute Gasteiger partial charge is 0.303 e. The summed E-state index contributed by atoms with van der Waals surface area (Å²) in [5, 5.41) is 8.26. The summed E-state index contributed by atoms with van der Waals surface area (Å²) < 4.78 is 21.2. The fourth-order valence-corrected chi connectivity index (χ4v) is 2.84. The molecule has 64 valence electrons. The Morgan fingerprint density at radius 3 is 2.36 bits per heavy atom. The molecule has 5 heteroatoms. The fourth-order valence-electron chi connectivity index (χ4n) is 1.16. The quantitative estimate of drug-likeness (QED) is 0.654. The largest absolute Gasteiger partial charge is 0.481 e. The van der Waals surface area contributed by atoms with Crippen LogP contribution in [0, 0.1) is 5.92 Å². The van der Waals surface area contributed by atoms with Gasteiger partial charge in [-0.15, -0.1) is 0 Å². The Labute approximate surface area is 65.1 Å². The minimum absolute atomic E-state index is 0.0835. The first-order valence-electron chi connectivity index (χ1n) is 3.42. The minimum Gasteiger partial charge on any atom is -0.481 e. The maximum Gasteiger partial charge on any atom is 0.303 e. The topological polar surface area (TPSA) is 71.4 Å². The highest BCUT2D eigenvalue weighted by molar-refractivity contribution is 7.92. The summed E-state index contributed by atoms with van der Waals surface area (Å²) in [5.74, 6) is -0.397. The molecule has 1 fully saturated rings. The monoisotopic (exact) mass is 178 g/mol. The van der Waals surface area contributed by atoms with Gasteiger partial charge in [-0.2, -0.15) is 0 Å². The molecule has 0 aliphatic carbocycles. The van der Waals surface area contributed by atoms with Crippen molar-refractivity contribution in [2.75, 3.05) is 11.5 Å². The summed E-state index contributed by atoms with van der Waals surface area (Å²) in [6, 6.07) is 0. The Kier molecular flexibility index (Phi) is 2.17. The number of rotatable bonds is 3. The van der Waals surface area contributed by atoms with Crippen molar-refractivity contribution in [3.8, 4) is 0 Å². The third kappa shape index (κ3) is 2.49. The van der Waals surface area contributed by atoms with Crippen LogP contribution in [0.15, 0.2) is 0 Å². The molecule has 0 aromatic rings. The van der Waals surface area contributed by atoms with Crippen LogP contribution in [0.1, 0.15) is 12.8 Å². The van der Waals surface area contributed by atoms with Gasteiger partial charge >= 0.3 is 5.97 Å². The highest BCUT2D eigenvalue weighted by atomic mass is 32.2. The Morgan fingerprint density at radius 1 is 1.45 bits per heavy atom. The molecule has 1 N–H and O–H groups in total. The first-order chi connectivity index (χ1) is 4.99. The van der Waals surface area contributed by atoms with Crippen LogP contribution >= 0.6 is 0 Å². The lowest BCUT2D eigenvalue weighted by Crippen LogP contribution is -2.36.